The van der Waals surface area contributed by atoms with Crippen LogP contribution in [0.4, 0.5) is 0 Å². The SMILES string of the molecule is CCCC/C=C/CC/C=C/CC/C=C/C(O)C(COP(=O)(O)OCC[N+](C)(C)C)NC(=O)CCCCCCC. The van der Waals surface area contributed by atoms with Gasteiger partial charge in [-0.15, -0.1) is 0 Å². The molecule has 0 aromatic heterocycles. The molecule has 8 nitrogen and oxygen atoms in total. The Hall–Kier alpha value is -1.28. The highest BCUT2D eigenvalue weighted by atomic mass is 31.2. The lowest BCUT2D eigenvalue weighted by molar-refractivity contribution is -0.870. The largest absolute Gasteiger partial charge is 0.472 e. The van der Waals surface area contributed by atoms with Crippen LogP contribution >= 0.6 is 7.82 Å². The zero-order valence-electron chi connectivity index (χ0n) is 25.4. The predicted octanol–water partition coefficient (Wildman–Crippen LogP) is 6.45. The van der Waals surface area contributed by atoms with Gasteiger partial charge in [-0.2, -0.15) is 0 Å². The van der Waals surface area contributed by atoms with Crippen molar-refractivity contribution in [2.24, 2.45) is 0 Å². The summed E-state index contributed by atoms with van der Waals surface area (Å²) in [6.45, 7) is 4.58. The number of quaternary nitrogens is 1. The van der Waals surface area contributed by atoms with Gasteiger partial charge in [-0.3, -0.25) is 13.8 Å². The Morgan fingerprint density at radius 2 is 1.41 bits per heavy atom. The van der Waals surface area contributed by atoms with Gasteiger partial charge in [0.1, 0.15) is 13.2 Å². The van der Waals surface area contributed by atoms with E-state index >= 15 is 0 Å². The van der Waals surface area contributed by atoms with Crippen LogP contribution in [0.15, 0.2) is 36.5 Å². The zero-order chi connectivity index (χ0) is 29.4. The van der Waals surface area contributed by atoms with Crippen molar-refractivity contribution in [3.63, 3.8) is 0 Å². The molecular formula is C30H58N2O6P+. The number of carbonyl (C=O) groups is 1. The van der Waals surface area contributed by atoms with E-state index in [2.05, 4.69) is 43.5 Å². The quantitative estimate of drug-likeness (QED) is 0.0502. The van der Waals surface area contributed by atoms with E-state index in [-0.39, 0.29) is 19.1 Å². The molecule has 3 atom stereocenters. The van der Waals surface area contributed by atoms with Crippen LogP contribution in [-0.2, 0) is 18.4 Å². The molecular weight excluding hydrogens is 515 g/mol. The van der Waals surface area contributed by atoms with Crippen molar-refractivity contribution in [1.82, 2.24) is 5.32 Å². The van der Waals surface area contributed by atoms with E-state index < -0.39 is 20.0 Å². The Morgan fingerprint density at radius 1 is 0.846 bits per heavy atom. The normalized spacial score (nSPS) is 15.8. The van der Waals surface area contributed by atoms with Crippen molar-refractivity contribution in [3.05, 3.63) is 36.5 Å². The molecule has 0 aliphatic heterocycles. The number of aliphatic hydroxyl groups excluding tert-OH is 1. The number of unbranched alkanes of at least 4 members (excludes halogenated alkanes) is 8. The molecule has 39 heavy (non-hydrogen) atoms. The molecule has 3 unspecified atom stereocenters. The summed E-state index contributed by atoms with van der Waals surface area (Å²) in [6, 6.07) is -0.859. The number of phosphoric ester groups is 1. The Labute approximate surface area is 238 Å². The first kappa shape index (κ1) is 37.7. The minimum atomic E-state index is -4.32. The van der Waals surface area contributed by atoms with Crippen LogP contribution in [0.2, 0.25) is 0 Å². The second-order valence-corrected chi connectivity index (χ2v) is 12.6. The Bertz CT molecular complexity index is 748. The molecule has 0 bridgehead atoms. The molecule has 228 valence electrons. The number of hydrogen-bond acceptors (Lipinski definition) is 5. The zero-order valence-corrected chi connectivity index (χ0v) is 26.2. The number of aliphatic hydroxyl groups is 1. The summed E-state index contributed by atoms with van der Waals surface area (Å²) in [4.78, 5) is 22.6. The van der Waals surface area contributed by atoms with E-state index in [0.717, 1.165) is 64.2 Å². The molecule has 9 heteroatoms. The summed E-state index contributed by atoms with van der Waals surface area (Å²) in [6.07, 6.45) is 23.9. The topological polar surface area (TPSA) is 105 Å². The van der Waals surface area contributed by atoms with E-state index in [1.807, 2.05) is 27.2 Å². The molecule has 1 amide bonds. The lowest BCUT2D eigenvalue weighted by Gasteiger charge is -2.25. The highest BCUT2D eigenvalue weighted by molar-refractivity contribution is 7.47. The first-order chi connectivity index (χ1) is 18.5. The number of hydrogen-bond donors (Lipinski definition) is 3. The van der Waals surface area contributed by atoms with Crippen molar-refractivity contribution in [1.29, 1.82) is 0 Å². The average Bonchev–Trinajstić information content (AvgIpc) is 2.86. The van der Waals surface area contributed by atoms with Crippen LogP contribution in [0.5, 0.6) is 0 Å². The van der Waals surface area contributed by atoms with Crippen molar-refractivity contribution < 1.29 is 32.9 Å². The van der Waals surface area contributed by atoms with Gasteiger partial charge >= 0.3 is 7.82 Å². The van der Waals surface area contributed by atoms with Crippen molar-refractivity contribution in [2.75, 3.05) is 40.9 Å². The predicted molar refractivity (Wildman–Crippen MR) is 161 cm³/mol. The van der Waals surface area contributed by atoms with Crippen LogP contribution in [0.1, 0.15) is 97.3 Å². The second kappa shape index (κ2) is 23.4. The van der Waals surface area contributed by atoms with E-state index in [1.54, 1.807) is 6.08 Å². The second-order valence-electron chi connectivity index (χ2n) is 11.1. The van der Waals surface area contributed by atoms with Gasteiger partial charge in [-0.05, 0) is 38.5 Å². The van der Waals surface area contributed by atoms with Crippen LogP contribution in [0.3, 0.4) is 0 Å². The summed E-state index contributed by atoms with van der Waals surface area (Å²) in [5, 5.41) is 13.5. The maximum absolute atomic E-state index is 12.5. The van der Waals surface area contributed by atoms with Crippen molar-refractivity contribution in [2.45, 2.75) is 109 Å². The van der Waals surface area contributed by atoms with Crippen molar-refractivity contribution in [3.8, 4) is 0 Å². The Kier molecular flexibility index (Phi) is 22.7. The average molecular weight is 574 g/mol. The van der Waals surface area contributed by atoms with Gasteiger partial charge < -0.3 is 19.8 Å². The Morgan fingerprint density at radius 3 is 2.00 bits per heavy atom. The first-order valence-corrected chi connectivity index (χ1v) is 16.4. The van der Waals surface area contributed by atoms with Gasteiger partial charge in [-0.25, -0.2) is 4.57 Å². The van der Waals surface area contributed by atoms with E-state index in [4.69, 9.17) is 9.05 Å². The van der Waals surface area contributed by atoms with E-state index in [0.29, 0.717) is 17.4 Å². The van der Waals surface area contributed by atoms with Gasteiger partial charge in [0.25, 0.3) is 0 Å². The van der Waals surface area contributed by atoms with Gasteiger partial charge in [0.2, 0.25) is 5.91 Å². The fraction of sp³-hybridized carbons (Fsp3) is 0.767. The third-order valence-electron chi connectivity index (χ3n) is 6.09. The number of nitrogens with one attached hydrogen (secondary N) is 1. The van der Waals surface area contributed by atoms with Crippen LogP contribution < -0.4 is 5.32 Å². The molecule has 0 aromatic rings. The number of nitrogens with zero attached hydrogens (tertiary/aromatic N) is 1. The monoisotopic (exact) mass is 573 g/mol. The number of phosphoric acid groups is 1. The Balaban J connectivity index is 4.75. The smallest absolute Gasteiger partial charge is 0.387 e. The lowest BCUT2D eigenvalue weighted by atomic mass is 10.1. The molecule has 0 aromatic carbocycles. The van der Waals surface area contributed by atoms with Gasteiger partial charge in [0.05, 0.1) is 39.9 Å². The summed E-state index contributed by atoms with van der Waals surface area (Å²) in [7, 11) is 1.53. The molecule has 0 rings (SSSR count). The van der Waals surface area contributed by atoms with Crippen LogP contribution in [0.25, 0.3) is 0 Å². The van der Waals surface area contributed by atoms with Gasteiger partial charge in [0.15, 0.2) is 0 Å². The molecule has 0 heterocycles. The third kappa shape index (κ3) is 25.4. The fourth-order valence-electron chi connectivity index (χ4n) is 3.58. The molecule has 0 fully saturated rings. The summed E-state index contributed by atoms with van der Waals surface area (Å²) < 4.78 is 23.1. The van der Waals surface area contributed by atoms with Gasteiger partial charge in [-0.1, -0.05) is 88.8 Å². The number of likely N-dealkylation sites (N-methyl/N-ethyl adjacent to an activating group) is 1. The minimum Gasteiger partial charge on any atom is -0.387 e. The lowest BCUT2D eigenvalue weighted by Crippen LogP contribution is -2.45. The molecule has 0 saturated carbocycles. The number of allylic oxidation sites excluding steroid dienone is 5. The molecule has 3 N–H and O–H groups in total. The highest BCUT2D eigenvalue weighted by Gasteiger charge is 2.27. The molecule has 0 saturated heterocycles. The van der Waals surface area contributed by atoms with Crippen molar-refractivity contribution >= 4 is 13.7 Å². The third-order valence-corrected chi connectivity index (χ3v) is 7.07. The molecule has 0 radical (unpaired) electrons. The summed E-state index contributed by atoms with van der Waals surface area (Å²) >= 11 is 0. The number of rotatable bonds is 25. The summed E-state index contributed by atoms with van der Waals surface area (Å²) in [5.74, 6) is -0.210. The number of amides is 1. The standard InChI is InChI=1S/C30H57N2O6P/c1-6-8-10-12-13-14-15-16-17-18-20-21-23-29(33)28(31-30(34)24-22-19-11-9-7-2)27-38-39(35,36)37-26-25-32(3,4)5/h12-13,16-17,21,23,28-29,33H,6-11,14-15,18-20,22,24-27H2,1-5H3,(H-,31,34,35,36)/p+1/b13-12+,17-16+,23-21+. The summed E-state index contributed by atoms with van der Waals surface area (Å²) in [5.41, 5.74) is 0. The molecule has 0 aliphatic carbocycles. The maximum atomic E-state index is 12.5. The van der Waals surface area contributed by atoms with Crippen LogP contribution in [0, 0.1) is 0 Å². The highest BCUT2D eigenvalue weighted by Crippen LogP contribution is 2.43. The molecule has 0 spiro atoms. The van der Waals surface area contributed by atoms with E-state index in [9.17, 15) is 19.4 Å². The van der Waals surface area contributed by atoms with Crippen LogP contribution in [-0.4, -0.2) is 73.4 Å². The maximum Gasteiger partial charge on any atom is 0.472 e. The molecule has 0 aliphatic rings. The van der Waals surface area contributed by atoms with E-state index in [1.165, 1.54) is 12.8 Å². The number of carbonyl (C=O) groups excluding carboxylic acids is 1. The fourth-order valence-corrected chi connectivity index (χ4v) is 4.32. The van der Waals surface area contributed by atoms with Gasteiger partial charge in [0, 0.05) is 6.42 Å². The first-order valence-electron chi connectivity index (χ1n) is 14.9. The minimum absolute atomic E-state index is 0.0528.